The summed E-state index contributed by atoms with van der Waals surface area (Å²) in [5.41, 5.74) is 2.07. The zero-order valence-corrected chi connectivity index (χ0v) is 17.7. The Labute approximate surface area is 182 Å². The Bertz CT molecular complexity index is 1280. The van der Waals surface area contributed by atoms with Crippen LogP contribution in [0.25, 0.3) is 21.0 Å². The molecule has 0 saturated carbocycles. The van der Waals surface area contributed by atoms with Gasteiger partial charge in [-0.1, -0.05) is 54.7 Å². The lowest BCUT2D eigenvalue weighted by molar-refractivity contribution is -0.115. The molecule has 150 valence electrons. The van der Waals surface area contributed by atoms with E-state index in [1.807, 2.05) is 54.6 Å². The minimum atomic E-state index is -0.271. The summed E-state index contributed by atoms with van der Waals surface area (Å²) in [6.45, 7) is 1.79. The van der Waals surface area contributed by atoms with Crippen LogP contribution in [0.3, 0.4) is 0 Å². The summed E-state index contributed by atoms with van der Waals surface area (Å²) in [5, 5.41) is 11.2. The summed E-state index contributed by atoms with van der Waals surface area (Å²) in [4.78, 5) is 28.7. The van der Waals surface area contributed by atoms with Crippen LogP contribution in [0.1, 0.15) is 23.7 Å². The third kappa shape index (κ3) is 4.29. The van der Waals surface area contributed by atoms with E-state index < -0.39 is 0 Å². The van der Waals surface area contributed by atoms with Crippen LogP contribution in [0.5, 0.6) is 0 Å². The number of thiazole rings is 1. The first-order chi connectivity index (χ1) is 14.5. The molecule has 0 aliphatic rings. The molecule has 0 atom stereocenters. The minimum Gasteiger partial charge on any atom is -0.332 e. The van der Waals surface area contributed by atoms with E-state index in [-0.39, 0.29) is 16.9 Å². The molecule has 3 N–H and O–H groups in total. The number of amides is 2. The second kappa shape index (κ2) is 8.56. The number of carbonyl (C=O) groups is 2. The highest BCUT2D eigenvalue weighted by Gasteiger charge is 2.12. The zero-order valence-electron chi connectivity index (χ0n) is 16.1. The maximum Gasteiger partial charge on any atom is 0.258 e. The van der Waals surface area contributed by atoms with Crippen LogP contribution < -0.4 is 16.0 Å². The maximum absolute atomic E-state index is 12.7. The fraction of sp³-hybridized carbons (Fsp3) is 0.0909. The number of nitrogens with zero attached hydrogens (tertiary/aromatic N) is 1. The Morgan fingerprint density at radius 1 is 1.03 bits per heavy atom. The average Bonchev–Trinajstić information content (AvgIpc) is 3.14. The van der Waals surface area contributed by atoms with Crippen molar-refractivity contribution in [1.29, 1.82) is 0 Å². The van der Waals surface area contributed by atoms with Crippen LogP contribution in [0.4, 0.5) is 10.8 Å². The molecule has 0 bridgehead atoms. The highest BCUT2D eigenvalue weighted by Crippen LogP contribution is 2.28. The van der Waals surface area contributed by atoms with Gasteiger partial charge in [0.05, 0.1) is 10.2 Å². The van der Waals surface area contributed by atoms with E-state index in [2.05, 4.69) is 20.9 Å². The van der Waals surface area contributed by atoms with Crippen LogP contribution in [0.15, 0.2) is 60.7 Å². The SMILES string of the molecule is CCC(=O)Nc1nc2ccc(NC(=S)NC(=O)c3cccc4ccccc34)cc2s1. The van der Waals surface area contributed by atoms with Crippen LogP contribution in [0.2, 0.25) is 0 Å². The van der Waals surface area contributed by atoms with Gasteiger partial charge in [-0.15, -0.1) is 0 Å². The quantitative estimate of drug-likeness (QED) is 0.397. The van der Waals surface area contributed by atoms with Gasteiger partial charge in [0.1, 0.15) is 0 Å². The van der Waals surface area contributed by atoms with Crippen molar-refractivity contribution in [1.82, 2.24) is 10.3 Å². The lowest BCUT2D eigenvalue weighted by Crippen LogP contribution is -2.34. The number of aromatic nitrogens is 1. The zero-order chi connectivity index (χ0) is 21.1. The Morgan fingerprint density at radius 3 is 2.67 bits per heavy atom. The van der Waals surface area contributed by atoms with Gasteiger partial charge in [-0.05, 0) is 47.3 Å². The topological polar surface area (TPSA) is 83.1 Å². The average molecular weight is 435 g/mol. The maximum atomic E-state index is 12.7. The van der Waals surface area contributed by atoms with Crippen molar-refractivity contribution in [2.75, 3.05) is 10.6 Å². The lowest BCUT2D eigenvalue weighted by atomic mass is 10.0. The standard InChI is InChI=1S/C22H18N4O2S2/c1-2-19(27)25-22-24-17-11-10-14(12-18(17)30-22)23-21(29)26-20(28)16-9-5-7-13-6-3-4-8-15(13)16/h3-12H,2H2,1H3,(H,24,25,27)(H2,23,26,28,29). The van der Waals surface area contributed by atoms with Crippen LogP contribution >= 0.6 is 23.6 Å². The van der Waals surface area contributed by atoms with E-state index in [0.29, 0.717) is 17.1 Å². The predicted octanol–water partition coefficient (Wildman–Crippen LogP) is 4.92. The van der Waals surface area contributed by atoms with Gasteiger partial charge in [0.25, 0.3) is 5.91 Å². The molecule has 30 heavy (non-hydrogen) atoms. The third-order valence-electron chi connectivity index (χ3n) is 4.48. The molecule has 1 aromatic heterocycles. The molecule has 8 heteroatoms. The van der Waals surface area contributed by atoms with E-state index >= 15 is 0 Å². The molecule has 4 rings (SSSR count). The number of nitrogens with one attached hydrogen (secondary N) is 3. The second-order valence-electron chi connectivity index (χ2n) is 6.54. The van der Waals surface area contributed by atoms with Gasteiger partial charge < -0.3 is 10.6 Å². The van der Waals surface area contributed by atoms with Gasteiger partial charge in [-0.25, -0.2) is 4.98 Å². The summed E-state index contributed by atoms with van der Waals surface area (Å²) in [6.07, 6.45) is 0.396. The van der Waals surface area contributed by atoms with Crippen molar-refractivity contribution in [2.45, 2.75) is 13.3 Å². The molecule has 0 saturated heterocycles. The van der Waals surface area contributed by atoms with Gasteiger partial charge in [0.2, 0.25) is 5.91 Å². The number of hydrogen-bond donors (Lipinski definition) is 3. The highest BCUT2D eigenvalue weighted by molar-refractivity contribution is 7.80. The molecule has 0 aliphatic carbocycles. The second-order valence-corrected chi connectivity index (χ2v) is 7.98. The van der Waals surface area contributed by atoms with Crippen LogP contribution in [-0.4, -0.2) is 21.9 Å². The van der Waals surface area contributed by atoms with Crippen molar-refractivity contribution in [3.05, 3.63) is 66.2 Å². The van der Waals surface area contributed by atoms with E-state index in [0.717, 1.165) is 26.7 Å². The Morgan fingerprint density at radius 2 is 1.83 bits per heavy atom. The van der Waals surface area contributed by atoms with E-state index in [9.17, 15) is 9.59 Å². The normalized spacial score (nSPS) is 10.7. The molecule has 0 fully saturated rings. The van der Waals surface area contributed by atoms with E-state index in [4.69, 9.17) is 12.2 Å². The first-order valence-electron chi connectivity index (χ1n) is 9.34. The molecule has 0 unspecified atom stereocenters. The first-order valence-corrected chi connectivity index (χ1v) is 10.6. The number of carbonyl (C=O) groups excluding carboxylic acids is 2. The van der Waals surface area contributed by atoms with Gasteiger partial charge >= 0.3 is 0 Å². The third-order valence-corrected chi connectivity index (χ3v) is 5.61. The van der Waals surface area contributed by atoms with E-state index in [1.54, 1.807) is 13.0 Å². The fourth-order valence-electron chi connectivity index (χ4n) is 3.02. The van der Waals surface area contributed by atoms with Gasteiger partial charge in [-0.3, -0.25) is 14.9 Å². The van der Waals surface area contributed by atoms with Gasteiger partial charge in [0, 0.05) is 17.7 Å². The summed E-state index contributed by atoms with van der Waals surface area (Å²) in [6, 6.07) is 18.8. The molecule has 2 amide bonds. The summed E-state index contributed by atoms with van der Waals surface area (Å²) >= 11 is 6.70. The van der Waals surface area contributed by atoms with Crippen molar-refractivity contribution < 1.29 is 9.59 Å². The largest absolute Gasteiger partial charge is 0.332 e. The minimum absolute atomic E-state index is 0.0790. The number of anilines is 2. The summed E-state index contributed by atoms with van der Waals surface area (Å²) in [5.74, 6) is -0.350. The number of hydrogen-bond acceptors (Lipinski definition) is 5. The summed E-state index contributed by atoms with van der Waals surface area (Å²) in [7, 11) is 0. The molecule has 3 aromatic carbocycles. The predicted molar refractivity (Wildman–Crippen MR) is 126 cm³/mol. The smallest absolute Gasteiger partial charge is 0.258 e. The Balaban J connectivity index is 1.47. The lowest BCUT2D eigenvalue weighted by Gasteiger charge is -2.11. The monoisotopic (exact) mass is 434 g/mol. The van der Waals surface area contributed by atoms with Crippen molar-refractivity contribution >= 4 is 72.3 Å². The molecular weight excluding hydrogens is 416 g/mol. The fourth-order valence-corrected chi connectivity index (χ4v) is 4.15. The van der Waals surface area contributed by atoms with Gasteiger partial charge in [-0.2, -0.15) is 0 Å². The first kappa shape index (κ1) is 19.9. The Kier molecular flexibility index (Phi) is 5.69. The molecule has 0 radical (unpaired) electrons. The number of fused-ring (bicyclic) bond motifs is 2. The summed E-state index contributed by atoms with van der Waals surface area (Å²) < 4.78 is 0.898. The molecule has 0 spiro atoms. The molecule has 4 aromatic rings. The molecule has 0 aliphatic heterocycles. The van der Waals surface area contributed by atoms with Crippen molar-refractivity contribution in [3.63, 3.8) is 0 Å². The number of rotatable bonds is 4. The van der Waals surface area contributed by atoms with Gasteiger partial charge in [0.15, 0.2) is 10.2 Å². The highest BCUT2D eigenvalue weighted by atomic mass is 32.1. The van der Waals surface area contributed by atoms with E-state index in [1.165, 1.54) is 11.3 Å². The van der Waals surface area contributed by atoms with Crippen LogP contribution in [0, 0.1) is 0 Å². The van der Waals surface area contributed by atoms with Crippen LogP contribution in [-0.2, 0) is 4.79 Å². The Hall–Kier alpha value is -3.36. The molecule has 1 heterocycles. The number of benzene rings is 3. The van der Waals surface area contributed by atoms with Crippen molar-refractivity contribution in [3.8, 4) is 0 Å². The van der Waals surface area contributed by atoms with Crippen molar-refractivity contribution in [2.24, 2.45) is 0 Å². The number of thiocarbonyl (C=S) groups is 1. The molecular formula is C22H18N4O2S2. The molecule has 6 nitrogen and oxygen atoms in total.